The van der Waals surface area contributed by atoms with Crippen molar-refractivity contribution in [3.05, 3.63) is 144 Å². The van der Waals surface area contributed by atoms with Crippen LogP contribution in [0.25, 0.3) is 0 Å². The summed E-state index contributed by atoms with van der Waals surface area (Å²) in [6.07, 6.45) is -0.782. The Kier molecular flexibility index (Phi) is 5.43. The molecule has 0 radical (unpaired) electrons. The SMILES string of the molecule is c1ccc([C@H]2O[C@@H](c3ccccc3)[C@@H](c3ccccc3)O[C@H]2c2ccccc2)cc1. The first kappa shape index (κ1) is 18.8. The molecule has 0 bridgehead atoms. The summed E-state index contributed by atoms with van der Waals surface area (Å²) in [5.74, 6) is 0. The fourth-order valence-corrected chi connectivity index (χ4v) is 4.19. The average molecular weight is 392 g/mol. The van der Waals surface area contributed by atoms with Crippen molar-refractivity contribution in [2.24, 2.45) is 0 Å². The van der Waals surface area contributed by atoms with Crippen molar-refractivity contribution < 1.29 is 9.47 Å². The van der Waals surface area contributed by atoms with Gasteiger partial charge in [-0.05, 0) is 22.3 Å². The van der Waals surface area contributed by atoms with Crippen LogP contribution in [0.3, 0.4) is 0 Å². The van der Waals surface area contributed by atoms with Gasteiger partial charge in [0.05, 0.1) is 0 Å². The summed E-state index contributed by atoms with van der Waals surface area (Å²) in [4.78, 5) is 0. The molecule has 4 aromatic carbocycles. The van der Waals surface area contributed by atoms with E-state index in [1.807, 2.05) is 24.3 Å². The molecular formula is C28H24O2. The van der Waals surface area contributed by atoms with Crippen molar-refractivity contribution in [3.8, 4) is 0 Å². The lowest BCUT2D eigenvalue weighted by Gasteiger charge is -2.43. The second kappa shape index (κ2) is 8.66. The van der Waals surface area contributed by atoms with Crippen LogP contribution >= 0.6 is 0 Å². The van der Waals surface area contributed by atoms with E-state index in [-0.39, 0.29) is 24.4 Å². The molecule has 5 rings (SSSR count). The van der Waals surface area contributed by atoms with Crippen LogP contribution in [-0.2, 0) is 9.47 Å². The molecule has 0 spiro atoms. The zero-order chi connectivity index (χ0) is 20.2. The van der Waals surface area contributed by atoms with E-state index in [0.29, 0.717) is 0 Å². The Morgan fingerprint density at radius 3 is 0.700 bits per heavy atom. The highest BCUT2D eigenvalue weighted by molar-refractivity contribution is 5.30. The zero-order valence-corrected chi connectivity index (χ0v) is 16.7. The molecule has 1 aliphatic rings. The van der Waals surface area contributed by atoms with Gasteiger partial charge < -0.3 is 9.47 Å². The third-order valence-electron chi connectivity index (χ3n) is 5.65. The Balaban J connectivity index is 1.61. The summed E-state index contributed by atoms with van der Waals surface area (Å²) >= 11 is 0. The maximum absolute atomic E-state index is 6.87. The fraction of sp³-hybridized carbons (Fsp3) is 0.143. The molecule has 148 valence electrons. The molecule has 4 aromatic rings. The second-order valence-corrected chi connectivity index (χ2v) is 7.60. The van der Waals surface area contributed by atoms with Crippen LogP contribution in [-0.4, -0.2) is 0 Å². The van der Waals surface area contributed by atoms with Crippen molar-refractivity contribution in [2.45, 2.75) is 24.4 Å². The largest absolute Gasteiger partial charge is 0.359 e. The Labute approximate surface area is 177 Å². The third-order valence-corrected chi connectivity index (χ3v) is 5.65. The van der Waals surface area contributed by atoms with Crippen LogP contribution < -0.4 is 0 Å². The number of hydrogen-bond acceptors (Lipinski definition) is 2. The molecule has 0 saturated carbocycles. The first-order valence-electron chi connectivity index (χ1n) is 10.4. The molecule has 30 heavy (non-hydrogen) atoms. The molecular weight excluding hydrogens is 368 g/mol. The maximum atomic E-state index is 6.87. The third kappa shape index (κ3) is 3.80. The highest BCUT2D eigenvalue weighted by atomic mass is 16.6. The van der Waals surface area contributed by atoms with Gasteiger partial charge in [-0.25, -0.2) is 0 Å². The van der Waals surface area contributed by atoms with Gasteiger partial charge in [-0.2, -0.15) is 0 Å². The van der Waals surface area contributed by atoms with Gasteiger partial charge in [-0.15, -0.1) is 0 Å². The van der Waals surface area contributed by atoms with Crippen LogP contribution in [0.4, 0.5) is 0 Å². The number of rotatable bonds is 4. The molecule has 2 nitrogen and oxygen atoms in total. The zero-order valence-electron chi connectivity index (χ0n) is 16.7. The minimum atomic E-state index is -0.196. The van der Waals surface area contributed by atoms with Gasteiger partial charge in [0, 0.05) is 0 Å². The normalized spacial score (nSPS) is 23.7. The molecule has 1 fully saturated rings. The van der Waals surface area contributed by atoms with Gasteiger partial charge >= 0.3 is 0 Å². The predicted octanol–water partition coefficient (Wildman–Crippen LogP) is 7.00. The van der Waals surface area contributed by atoms with Gasteiger partial charge in [-0.1, -0.05) is 121 Å². The molecule has 1 saturated heterocycles. The van der Waals surface area contributed by atoms with E-state index < -0.39 is 0 Å². The van der Waals surface area contributed by atoms with Gasteiger partial charge in [0.2, 0.25) is 0 Å². The molecule has 0 aliphatic carbocycles. The van der Waals surface area contributed by atoms with Crippen molar-refractivity contribution in [1.82, 2.24) is 0 Å². The van der Waals surface area contributed by atoms with Crippen molar-refractivity contribution in [3.63, 3.8) is 0 Å². The quantitative estimate of drug-likeness (QED) is 0.372. The number of hydrogen-bond donors (Lipinski definition) is 0. The van der Waals surface area contributed by atoms with Crippen LogP contribution in [0, 0.1) is 0 Å². The monoisotopic (exact) mass is 392 g/mol. The fourth-order valence-electron chi connectivity index (χ4n) is 4.19. The lowest BCUT2D eigenvalue weighted by molar-refractivity contribution is -0.232. The van der Waals surface area contributed by atoms with Crippen LogP contribution in [0.15, 0.2) is 121 Å². The molecule has 0 N–H and O–H groups in total. The van der Waals surface area contributed by atoms with Gasteiger partial charge in [0.1, 0.15) is 24.4 Å². The van der Waals surface area contributed by atoms with E-state index in [9.17, 15) is 0 Å². The topological polar surface area (TPSA) is 18.5 Å². The summed E-state index contributed by atoms with van der Waals surface area (Å²) in [6, 6.07) is 41.6. The minimum Gasteiger partial charge on any atom is -0.359 e. The molecule has 1 heterocycles. The lowest BCUT2D eigenvalue weighted by Crippen LogP contribution is -2.32. The molecule has 0 unspecified atom stereocenters. The molecule has 1 aliphatic heterocycles. The number of benzene rings is 4. The summed E-state index contributed by atoms with van der Waals surface area (Å²) in [5, 5.41) is 0. The first-order valence-corrected chi connectivity index (χ1v) is 10.4. The van der Waals surface area contributed by atoms with Gasteiger partial charge in [0.25, 0.3) is 0 Å². The Hall–Kier alpha value is -3.20. The van der Waals surface area contributed by atoms with E-state index in [4.69, 9.17) is 9.47 Å². The standard InChI is InChI=1S/C28H24O2/c1-5-13-21(14-6-1)25-26(22-15-7-2-8-16-22)30-28(24-19-11-4-12-20-24)27(29-25)23-17-9-3-10-18-23/h1-20,25-28H/t25-,26+,27+,28-. The van der Waals surface area contributed by atoms with E-state index in [0.717, 1.165) is 22.3 Å². The Morgan fingerprint density at radius 1 is 0.300 bits per heavy atom. The molecule has 4 atom stereocenters. The second-order valence-electron chi connectivity index (χ2n) is 7.60. The van der Waals surface area contributed by atoms with Gasteiger partial charge in [-0.3, -0.25) is 0 Å². The Bertz CT molecular complexity index is 873. The van der Waals surface area contributed by atoms with Crippen molar-refractivity contribution in [1.29, 1.82) is 0 Å². The smallest absolute Gasteiger partial charge is 0.114 e. The molecule has 0 aromatic heterocycles. The van der Waals surface area contributed by atoms with Crippen molar-refractivity contribution in [2.75, 3.05) is 0 Å². The highest BCUT2D eigenvalue weighted by Gasteiger charge is 2.41. The Morgan fingerprint density at radius 2 is 0.500 bits per heavy atom. The van der Waals surface area contributed by atoms with Crippen LogP contribution in [0.1, 0.15) is 46.7 Å². The van der Waals surface area contributed by atoms with E-state index in [2.05, 4.69) is 97.1 Å². The summed E-state index contributed by atoms with van der Waals surface area (Å²) in [5.41, 5.74) is 4.50. The molecule has 2 heteroatoms. The maximum Gasteiger partial charge on any atom is 0.114 e. The average Bonchev–Trinajstić information content (AvgIpc) is 2.85. The first-order chi connectivity index (χ1) is 14.9. The van der Waals surface area contributed by atoms with E-state index >= 15 is 0 Å². The summed E-state index contributed by atoms with van der Waals surface area (Å²) in [7, 11) is 0. The highest BCUT2D eigenvalue weighted by Crippen LogP contribution is 2.51. The lowest BCUT2D eigenvalue weighted by atomic mass is 9.91. The molecule has 0 amide bonds. The predicted molar refractivity (Wildman–Crippen MR) is 119 cm³/mol. The van der Waals surface area contributed by atoms with Gasteiger partial charge in [0.15, 0.2) is 0 Å². The van der Waals surface area contributed by atoms with Crippen LogP contribution in [0.2, 0.25) is 0 Å². The minimum absolute atomic E-state index is 0.196. The number of ether oxygens (including phenoxy) is 2. The van der Waals surface area contributed by atoms with E-state index in [1.165, 1.54) is 0 Å². The van der Waals surface area contributed by atoms with E-state index in [1.54, 1.807) is 0 Å². The van der Waals surface area contributed by atoms with Crippen LogP contribution in [0.5, 0.6) is 0 Å². The summed E-state index contributed by atoms with van der Waals surface area (Å²) in [6.45, 7) is 0. The van der Waals surface area contributed by atoms with Crippen molar-refractivity contribution >= 4 is 0 Å². The summed E-state index contributed by atoms with van der Waals surface area (Å²) < 4.78 is 13.7.